The van der Waals surface area contributed by atoms with Crippen LogP contribution >= 0.6 is 0 Å². The second kappa shape index (κ2) is 9.52. The molecule has 0 spiro atoms. The van der Waals surface area contributed by atoms with E-state index in [1.165, 1.54) is 19.9 Å². The normalized spacial score (nSPS) is 12.8. The van der Waals surface area contributed by atoms with Crippen LogP contribution in [0.5, 0.6) is 11.8 Å². The van der Waals surface area contributed by atoms with E-state index in [1.807, 2.05) is 0 Å². The van der Waals surface area contributed by atoms with Gasteiger partial charge in [-0.3, -0.25) is 9.52 Å². The van der Waals surface area contributed by atoms with Crippen molar-refractivity contribution in [2.24, 2.45) is 0 Å². The minimum Gasteiger partial charge on any atom is -0.416 e. The summed E-state index contributed by atoms with van der Waals surface area (Å²) in [5.74, 6) is -3.44. The Morgan fingerprint density at radius 3 is 2.31 bits per heavy atom. The zero-order valence-electron chi connectivity index (χ0n) is 18.3. The lowest BCUT2D eigenvalue weighted by atomic mass is 10.1. The fourth-order valence-corrected chi connectivity index (χ4v) is 3.53. The third-order valence-electron chi connectivity index (χ3n) is 4.50. The predicted octanol–water partition coefficient (Wildman–Crippen LogP) is 4.93. The van der Waals surface area contributed by atoms with Crippen molar-refractivity contribution < 1.29 is 44.3 Å². The van der Waals surface area contributed by atoms with Gasteiger partial charge in [0.25, 0.3) is 5.91 Å². The van der Waals surface area contributed by atoms with E-state index < -0.39 is 57.1 Å². The molecule has 1 aromatic heterocycles. The van der Waals surface area contributed by atoms with Crippen LogP contribution in [-0.2, 0) is 16.2 Å². The average Bonchev–Trinajstić information content (AvgIpc) is 3.17. The summed E-state index contributed by atoms with van der Waals surface area (Å²) in [4.78, 5) is 16.2. The maximum absolute atomic E-state index is 14.2. The van der Waals surface area contributed by atoms with Crippen molar-refractivity contribution in [3.63, 3.8) is 0 Å². The Kier molecular flexibility index (Phi) is 7.06. The van der Waals surface area contributed by atoms with E-state index in [9.17, 15) is 35.2 Å². The van der Waals surface area contributed by atoms with Crippen LogP contribution in [0.3, 0.4) is 0 Å². The smallest absolute Gasteiger partial charge is 0.416 e. The standard InChI is InChI=1S/C21H18F5N3O5S/c1-10-4-13(21(24,25)26)8-14(5-10)34-20-28-17(9-33-20)19(30)27-11(2)12-6-15(22)18(16(23)7-12)29-35(3,31)32/h4-9,11,29H,1-3H3,(H,27,30)/t11-/m1/s1. The average molecular weight is 519 g/mol. The van der Waals surface area contributed by atoms with Crippen molar-refractivity contribution in [1.82, 2.24) is 10.3 Å². The van der Waals surface area contributed by atoms with Crippen molar-refractivity contribution in [2.75, 3.05) is 11.0 Å². The molecule has 1 atom stereocenters. The molecule has 0 aliphatic carbocycles. The summed E-state index contributed by atoms with van der Waals surface area (Å²) in [6.45, 7) is 2.84. The first-order valence-electron chi connectivity index (χ1n) is 9.72. The maximum Gasteiger partial charge on any atom is 0.416 e. The van der Waals surface area contributed by atoms with Crippen molar-refractivity contribution in [3.8, 4) is 11.8 Å². The molecule has 0 radical (unpaired) electrons. The second-order valence-corrected chi connectivity index (χ2v) is 9.31. The molecule has 1 heterocycles. The number of ether oxygens (including phenoxy) is 1. The van der Waals surface area contributed by atoms with Gasteiger partial charge in [-0.1, -0.05) is 0 Å². The van der Waals surface area contributed by atoms with E-state index in [0.29, 0.717) is 0 Å². The molecule has 3 rings (SSSR count). The van der Waals surface area contributed by atoms with E-state index in [1.54, 1.807) is 4.72 Å². The number of carbonyl (C=O) groups excluding carboxylic acids is 1. The van der Waals surface area contributed by atoms with Crippen LogP contribution in [0.4, 0.5) is 27.6 Å². The topological polar surface area (TPSA) is 111 Å². The summed E-state index contributed by atoms with van der Waals surface area (Å²) < 4.78 is 102. The Labute approximate surface area is 196 Å². The maximum atomic E-state index is 14.2. The number of oxazole rings is 1. The van der Waals surface area contributed by atoms with Gasteiger partial charge in [0.15, 0.2) is 17.3 Å². The number of anilines is 1. The van der Waals surface area contributed by atoms with Gasteiger partial charge in [0.1, 0.15) is 17.7 Å². The van der Waals surface area contributed by atoms with Crippen molar-refractivity contribution in [2.45, 2.75) is 26.1 Å². The van der Waals surface area contributed by atoms with Crippen LogP contribution in [0.15, 0.2) is 41.0 Å². The van der Waals surface area contributed by atoms with Gasteiger partial charge >= 0.3 is 12.3 Å². The molecule has 188 valence electrons. The molecule has 8 nitrogen and oxygen atoms in total. The summed E-state index contributed by atoms with van der Waals surface area (Å²) in [7, 11) is -3.93. The Hall–Kier alpha value is -3.68. The number of aromatic nitrogens is 1. The second-order valence-electron chi connectivity index (χ2n) is 7.56. The van der Waals surface area contributed by atoms with Gasteiger partial charge in [-0.05, 0) is 55.3 Å². The van der Waals surface area contributed by atoms with Gasteiger partial charge in [0.2, 0.25) is 10.0 Å². The van der Waals surface area contributed by atoms with Crippen LogP contribution in [0.25, 0.3) is 0 Å². The molecule has 14 heteroatoms. The molecule has 0 aliphatic rings. The van der Waals surface area contributed by atoms with E-state index >= 15 is 0 Å². The third kappa shape index (κ3) is 6.68. The molecule has 3 aromatic rings. The van der Waals surface area contributed by atoms with Crippen molar-refractivity contribution in [3.05, 3.63) is 70.6 Å². The fraction of sp³-hybridized carbons (Fsp3) is 0.238. The van der Waals surface area contributed by atoms with Crippen LogP contribution in [0, 0.1) is 18.6 Å². The molecular formula is C21H18F5N3O5S. The van der Waals surface area contributed by atoms with Gasteiger partial charge in [0, 0.05) is 0 Å². The number of amides is 1. The molecule has 0 aliphatic heterocycles. The van der Waals surface area contributed by atoms with E-state index in [0.717, 1.165) is 36.8 Å². The molecule has 2 aromatic carbocycles. The zero-order chi connectivity index (χ0) is 26.1. The molecule has 0 bridgehead atoms. The molecule has 0 saturated heterocycles. The van der Waals surface area contributed by atoms with E-state index in [2.05, 4.69) is 10.3 Å². The first kappa shape index (κ1) is 25.9. The summed E-state index contributed by atoms with van der Waals surface area (Å²) in [5.41, 5.74) is -1.87. The van der Waals surface area contributed by atoms with Crippen molar-refractivity contribution >= 4 is 21.6 Å². The van der Waals surface area contributed by atoms with Gasteiger partial charge in [-0.25, -0.2) is 17.2 Å². The lowest BCUT2D eigenvalue weighted by Gasteiger charge is -2.15. The van der Waals surface area contributed by atoms with Crippen LogP contribution < -0.4 is 14.8 Å². The highest BCUT2D eigenvalue weighted by Gasteiger charge is 2.31. The van der Waals surface area contributed by atoms with Gasteiger partial charge < -0.3 is 14.5 Å². The van der Waals surface area contributed by atoms with Crippen LogP contribution in [0.1, 0.15) is 40.1 Å². The largest absolute Gasteiger partial charge is 0.416 e. The van der Waals surface area contributed by atoms with Gasteiger partial charge in [-0.15, -0.1) is 0 Å². The molecule has 2 N–H and O–H groups in total. The lowest BCUT2D eigenvalue weighted by Crippen LogP contribution is -2.27. The molecule has 0 saturated carbocycles. The Morgan fingerprint density at radius 2 is 1.74 bits per heavy atom. The number of rotatable bonds is 7. The van der Waals surface area contributed by atoms with Gasteiger partial charge in [-0.2, -0.15) is 18.2 Å². The quantitative estimate of drug-likeness (QED) is 0.428. The number of benzene rings is 2. The summed E-state index contributed by atoms with van der Waals surface area (Å²) in [6.07, 6.45) is -3.49. The molecule has 0 fully saturated rings. The Bertz CT molecular complexity index is 1350. The summed E-state index contributed by atoms with van der Waals surface area (Å²) >= 11 is 0. The molecule has 35 heavy (non-hydrogen) atoms. The number of halogens is 5. The molecular weight excluding hydrogens is 501 g/mol. The number of carbonyl (C=O) groups is 1. The number of aryl methyl sites for hydroxylation is 1. The number of hydrogen-bond acceptors (Lipinski definition) is 6. The summed E-state index contributed by atoms with van der Waals surface area (Å²) in [5, 5.41) is 2.41. The zero-order valence-corrected chi connectivity index (χ0v) is 19.1. The fourth-order valence-electron chi connectivity index (χ4n) is 2.96. The lowest BCUT2D eigenvalue weighted by molar-refractivity contribution is -0.137. The number of nitrogens with one attached hydrogen (secondary N) is 2. The Morgan fingerprint density at radius 1 is 1.11 bits per heavy atom. The number of alkyl halides is 3. The predicted molar refractivity (Wildman–Crippen MR) is 113 cm³/mol. The van der Waals surface area contributed by atoms with E-state index in [-0.39, 0.29) is 22.6 Å². The summed E-state index contributed by atoms with van der Waals surface area (Å²) in [6, 6.07) is 3.71. The minimum absolute atomic E-state index is 0.0215. The monoisotopic (exact) mass is 519 g/mol. The minimum atomic E-state index is -4.60. The number of hydrogen-bond donors (Lipinski definition) is 2. The highest BCUT2D eigenvalue weighted by Crippen LogP contribution is 2.34. The molecule has 1 amide bonds. The third-order valence-corrected chi connectivity index (χ3v) is 5.07. The first-order chi connectivity index (χ1) is 16.1. The Balaban J connectivity index is 1.72. The number of nitrogens with zero attached hydrogens (tertiary/aromatic N) is 1. The highest BCUT2D eigenvalue weighted by atomic mass is 32.2. The SMILES string of the molecule is Cc1cc(Oc2nc(C(=O)N[C@H](C)c3cc(F)c(NS(C)(=O)=O)c(F)c3)co2)cc(C(F)(F)F)c1. The van der Waals surface area contributed by atoms with E-state index in [4.69, 9.17) is 9.15 Å². The number of sulfonamides is 1. The van der Waals surface area contributed by atoms with Gasteiger partial charge in [0.05, 0.1) is 17.9 Å². The van der Waals surface area contributed by atoms with Crippen LogP contribution in [0.2, 0.25) is 0 Å². The molecule has 0 unspecified atom stereocenters. The first-order valence-corrected chi connectivity index (χ1v) is 11.6. The van der Waals surface area contributed by atoms with Crippen LogP contribution in [-0.4, -0.2) is 25.6 Å². The van der Waals surface area contributed by atoms with Crippen molar-refractivity contribution in [1.29, 1.82) is 0 Å². The highest BCUT2D eigenvalue weighted by molar-refractivity contribution is 7.92.